The Morgan fingerprint density at radius 3 is 2.75 bits per heavy atom. The number of nitrogens with zero attached hydrogens (tertiary/aromatic N) is 1. The van der Waals surface area contributed by atoms with Crippen LogP contribution in [0.4, 0.5) is 5.69 Å². The topological polar surface area (TPSA) is 50.9 Å². The van der Waals surface area contributed by atoms with Crippen LogP contribution in [0, 0.1) is 6.92 Å². The Labute approximate surface area is 103 Å². The van der Waals surface area contributed by atoms with Gasteiger partial charge in [0.1, 0.15) is 0 Å². The third-order valence-electron chi connectivity index (χ3n) is 2.64. The first-order chi connectivity index (χ1) is 7.65. The van der Waals surface area contributed by atoms with Crippen LogP contribution < -0.4 is 11.3 Å². The SMILES string of the molecule is CCc1cc(NN)c2cc(Br)cc(C)c2n1. The lowest BCUT2D eigenvalue weighted by Crippen LogP contribution is -2.08. The van der Waals surface area contributed by atoms with E-state index in [1.54, 1.807) is 0 Å². The summed E-state index contributed by atoms with van der Waals surface area (Å²) in [6.45, 7) is 4.14. The van der Waals surface area contributed by atoms with Crippen molar-refractivity contribution in [1.29, 1.82) is 0 Å². The van der Waals surface area contributed by atoms with E-state index in [1.807, 2.05) is 12.1 Å². The minimum absolute atomic E-state index is 0.903. The molecule has 1 heterocycles. The number of halogens is 1. The van der Waals surface area contributed by atoms with E-state index in [1.165, 1.54) is 0 Å². The number of aryl methyl sites for hydroxylation is 2. The third kappa shape index (κ3) is 1.90. The minimum atomic E-state index is 0.903. The summed E-state index contributed by atoms with van der Waals surface area (Å²) in [5, 5.41) is 1.05. The molecule has 0 atom stereocenters. The number of benzene rings is 1. The van der Waals surface area contributed by atoms with E-state index in [0.29, 0.717) is 0 Å². The number of hydrogen-bond donors (Lipinski definition) is 2. The first kappa shape index (κ1) is 11.4. The molecule has 0 saturated heterocycles. The zero-order chi connectivity index (χ0) is 11.7. The van der Waals surface area contributed by atoms with Crippen LogP contribution in [-0.2, 0) is 6.42 Å². The Morgan fingerprint density at radius 1 is 1.38 bits per heavy atom. The highest BCUT2D eigenvalue weighted by molar-refractivity contribution is 9.10. The van der Waals surface area contributed by atoms with Crippen molar-refractivity contribution in [3.63, 3.8) is 0 Å². The molecule has 16 heavy (non-hydrogen) atoms. The Balaban J connectivity index is 2.83. The smallest absolute Gasteiger partial charge is 0.0756 e. The van der Waals surface area contributed by atoms with Crippen molar-refractivity contribution in [1.82, 2.24) is 4.98 Å². The summed E-state index contributed by atoms with van der Waals surface area (Å²) in [4.78, 5) is 4.63. The van der Waals surface area contributed by atoms with Gasteiger partial charge in [0.2, 0.25) is 0 Å². The fraction of sp³-hybridized carbons (Fsp3) is 0.250. The number of pyridine rings is 1. The third-order valence-corrected chi connectivity index (χ3v) is 3.10. The summed E-state index contributed by atoms with van der Waals surface area (Å²) >= 11 is 3.49. The van der Waals surface area contributed by atoms with Crippen LogP contribution in [0.15, 0.2) is 22.7 Å². The predicted octanol–water partition coefficient (Wildman–Crippen LogP) is 3.15. The summed E-state index contributed by atoms with van der Waals surface area (Å²) in [5.74, 6) is 5.55. The second kappa shape index (κ2) is 4.39. The molecule has 0 fully saturated rings. The van der Waals surface area contributed by atoms with E-state index < -0.39 is 0 Å². The lowest BCUT2D eigenvalue weighted by molar-refractivity contribution is 1.05. The van der Waals surface area contributed by atoms with Gasteiger partial charge in [-0.15, -0.1) is 0 Å². The molecule has 0 aliphatic rings. The Kier molecular flexibility index (Phi) is 3.12. The second-order valence-corrected chi connectivity index (χ2v) is 4.69. The number of rotatable bonds is 2. The van der Waals surface area contributed by atoms with E-state index in [0.717, 1.165) is 38.7 Å². The number of nitrogen functional groups attached to an aromatic ring is 1. The monoisotopic (exact) mass is 279 g/mol. The number of aromatic nitrogens is 1. The Morgan fingerprint density at radius 2 is 2.12 bits per heavy atom. The van der Waals surface area contributed by atoms with E-state index in [2.05, 4.69) is 46.3 Å². The van der Waals surface area contributed by atoms with Crippen molar-refractivity contribution in [2.24, 2.45) is 5.84 Å². The first-order valence-corrected chi connectivity index (χ1v) is 6.01. The molecule has 0 radical (unpaired) electrons. The standard InChI is InChI=1S/C12H14BrN3/c1-3-9-6-11(16-14)10-5-8(13)4-7(2)12(10)15-9/h4-6H,3,14H2,1-2H3,(H,15,16). The van der Waals surface area contributed by atoms with Gasteiger partial charge in [0.05, 0.1) is 11.2 Å². The van der Waals surface area contributed by atoms with Crippen LogP contribution in [0.2, 0.25) is 0 Å². The summed E-state index contributed by atoms with van der Waals surface area (Å²) in [6, 6.07) is 6.09. The van der Waals surface area contributed by atoms with E-state index in [4.69, 9.17) is 5.84 Å². The minimum Gasteiger partial charge on any atom is -0.323 e. The molecule has 0 amide bonds. The van der Waals surface area contributed by atoms with Gasteiger partial charge in [0.25, 0.3) is 0 Å². The summed E-state index contributed by atoms with van der Waals surface area (Å²) in [6.07, 6.45) is 0.903. The van der Waals surface area contributed by atoms with Gasteiger partial charge in [-0.1, -0.05) is 22.9 Å². The molecule has 2 rings (SSSR count). The van der Waals surface area contributed by atoms with Gasteiger partial charge >= 0.3 is 0 Å². The molecular weight excluding hydrogens is 266 g/mol. The van der Waals surface area contributed by atoms with Gasteiger partial charge in [-0.05, 0) is 37.1 Å². The second-order valence-electron chi connectivity index (χ2n) is 3.78. The van der Waals surface area contributed by atoms with Crippen molar-refractivity contribution >= 4 is 32.5 Å². The zero-order valence-corrected chi connectivity index (χ0v) is 10.9. The average molecular weight is 280 g/mol. The zero-order valence-electron chi connectivity index (χ0n) is 9.34. The molecule has 3 nitrogen and oxygen atoms in total. The van der Waals surface area contributed by atoms with Crippen LogP contribution in [0.1, 0.15) is 18.2 Å². The van der Waals surface area contributed by atoms with Crippen LogP contribution in [-0.4, -0.2) is 4.98 Å². The maximum absolute atomic E-state index is 5.55. The highest BCUT2D eigenvalue weighted by atomic mass is 79.9. The molecule has 0 spiro atoms. The average Bonchev–Trinajstić information content (AvgIpc) is 2.28. The lowest BCUT2D eigenvalue weighted by atomic mass is 10.1. The van der Waals surface area contributed by atoms with Crippen molar-refractivity contribution < 1.29 is 0 Å². The molecule has 4 heteroatoms. The number of anilines is 1. The fourth-order valence-corrected chi connectivity index (χ4v) is 2.38. The van der Waals surface area contributed by atoms with Crippen LogP contribution in [0.3, 0.4) is 0 Å². The number of fused-ring (bicyclic) bond motifs is 1. The largest absolute Gasteiger partial charge is 0.323 e. The highest BCUT2D eigenvalue weighted by Crippen LogP contribution is 2.28. The lowest BCUT2D eigenvalue weighted by Gasteiger charge is -2.10. The van der Waals surface area contributed by atoms with Crippen molar-refractivity contribution in [3.05, 3.63) is 33.9 Å². The number of hydrogen-bond acceptors (Lipinski definition) is 3. The molecule has 0 bridgehead atoms. The van der Waals surface area contributed by atoms with Crippen molar-refractivity contribution in [2.75, 3.05) is 5.43 Å². The van der Waals surface area contributed by atoms with Crippen molar-refractivity contribution in [2.45, 2.75) is 20.3 Å². The van der Waals surface area contributed by atoms with Gasteiger partial charge < -0.3 is 5.43 Å². The predicted molar refractivity (Wildman–Crippen MR) is 71.4 cm³/mol. The fourth-order valence-electron chi connectivity index (χ4n) is 1.81. The molecule has 0 aliphatic carbocycles. The normalized spacial score (nSPS) is 10.8. The molecule has 0 unspecified atom stereocenters. The van der Waals surface area contributed by atoms with Crippen LogP contribution in [0.25, 0.3) is 10.9 Å². The maximum Gasteiger partial charge on any atom is 0.0756 e. The first-order valence-electron chi connectivity index (χ1n) is 5.22. The van der Waals surface area contributed by atoms with Gasteiger partial charge in [-0.2, -0.15) is 0 Å². The van der Waals surface area contributed by atoms with E-state index in [9.17, 15) is 0 Å². The summed E-state index contributed by atoms with van der Waals surface area (Å²) < 4.78 is 1.04. The molecule has 2 aromatic rings. The number of nitrogens with two attached hydrogens (primary N) is 1. The number of hydrazine groups is 1. The van der Waals surface area contributed by atoms with Gasteiger partial charge in [0, 0.05) is 15.6 Å². The van der Waals surface area contributed by atoms with Crippen LogP contribution >= 0.6 is 15.9 Å². The van der Waals surface area contributed by atoms with E-state index in [-0.39, 0.29) is 0 Å². The molecular formula is C12H14BrN3. The quantitative estimate of drug-likeness (QED) is 0.656. The summed E-state index contributed by atoms with van der Waals surface area (Å²) in [5.41, 5.74) is 6.87. The van der Waals surface area contributed by atoms with Crippen LogP contribution in [0.5, 0.6) is 0 Å². The van der Waals surface area contributed by atoms with Gasteiger partial charge in [0.15, 0.2) is 0 Å². The maximum atomic E-state index is 5.55. The molecule has 0 aliphatic heterocycles. The molecule has 0 saturated carbocycles. The Bertz CT molecular complexity index is 537. The molecule has 1 aromatic heterocycles. The van der Waals surface area contributed by atoms with E-state index >= 15 is 0 Å². The molecule has 84 valence electrons. The number of nitrogens with one attached hydrogen (secondary N) is 1. The van der Waals surface area contributed by atoms with Gasteiger partial charge in [-0.3, -0.25) is 10.8 Å². The summed E-state index contributed by atoms with van der Waals surface area (Å²) in [7, 11) is 0. The Hall–Kier alpha value is -1.13. The van der Waals surface area contributed by atoms with Gasteiger partial charge in [-0.25, -0.2) is 0 Å². The molecule has 1 aromatic carbocycles. The highest BCUT2D eigenvalue weighted by Gasteiger charge is 2.07. The molecule has 3 N–H and O–H groups in total. The van der Waals surface area contributed by atoms with Crippen molar-refractivity contribution in [3.8, 4) is 0 Å².